The van der Waals surface area contributed by atoms with Crippen LogP contribution in [0.5, 0.6) is 0 Å². The van der Waals surface area contributed by atoms with Crippen LogP contribution in [0.15, 0.2) is 41.0 Å². The maximum absolute atomic E-state index is 12.6. The van der Waals surface area contributed by atoms with Gasteiger partial charge in [-0.15, -0.1) is 0 Å². The SMILES string of the molecule is CCOCCCN(Cc1nc(C(=O)OC)co1)C(=O)Nc1ccccc1. The maximum atomic E-state index is 12.6. The van der Waals surface area contributed by atoms with Gasteiger partial charge in [0.1, 0.15) is 6.26 Å². The number of carbonyl (C=O) groups is 2. The number of rotatable bonds is 9. The maximum Gasteiger partial charge on any atom is 0.360 e. The average molecular weight is 361 g/mol. The number of oxazole rings is 1. The minimum Gasteiger partial charge on any atom is -0.464 e. The molecule has 0 fully saturated rings. The van der Waals surface area contributed by atoms with E-state index < -0.39 is 5.97 Å². The molecule has 0 bridgehead atoms. The van der Waals surface area contributed by atoms with Gasteiger partial charge in [0.2, 0.25) is 5.89 Å². The molecule has 0 atom stereocenters. The normalized spacial score (nSPS) is 10.4. The fourth-order valence-corrected chi connectivity index (χ4v) is 2.22. The van der Waals surface area contributed by atoms with E-state index in [9.17, 15) is 9.59 Å². The molecule has 2 rings (SSSR count). The summed E-state index contributed by atoms with van der Waals surface area (Å²) in [7, 11) is 1.27. The van der Waals surface area contributed by atoms with Crippen molar-refractivity contribution in [3.63, 3.8) is 0 Å². The van der Waals surface area contributed by atoms with Crippen molar-refractivity contribution in [3.05, 3.63) is 48.2 Å². The molecular weight excluding hydrogens is 338 g/mol. The third-order valence-electron chi connectivity index (χ3n) is 3.51. The second-order valence-corrected chi connectivity index (χ2v) is 5.39. The number of nitrogens with zero attached hydrogens (tertiary/aromatic N) is 2. The zero-order chi connectivity index (χ0) is 18.8. The second kappa shape index (κ2) is 10.2. The molecule has 1 aromatic carbocycles. The molecule has 2 amide bonds. The van der Waals surface area contributed by atoms with Crippen LogP contribution in [0, 0.1) is 0 Å². The molecule has 0 spiro atoms. The van der Waals surface area contributed by atoms with E-state index in [2.05, 4.69) is 15.0 Å². The molecular formula is C18H23N3O5. The van der Waals surface area contributed by atoms with E-state index in [-0.39, 0.29) is 24.2 Å². The van der Waals surface area contributed by atoms with Gasteiger partial charge in [-0.05, 0) is 25.5 Å². The minimum atomic E-state index is -0.586. The van der Waals surface area contributed by atoms with Crippen LogP contribution in [-0.2, 0) is 16.0 Å². The summed E-state index contributed by atoms with van der Waals surface area (Å²) in [6, 6.07) is 8.87. The van der Waals surface area contributed by atoms with Crippen LogP contribution in [-0.4, -0.2) is 48.8 Å². The van der Waals surface area contributed by atoms with Crippen molar-refractivity contribution in [2.75, 3.05) is 32.2 Å². The molecule has 1 aromatic heterocycles. The van der Waals surface area contributed by atoms with Crippen molar-refractivity contribution >= 4 is 17.7 Å². The summed E-state index contributed by atoms with van der Waals surface area (Å²) in [5.41, 5.74) is 0.759. The lowest BCUT2D eigenvalue weighted by Crippen LogP contribution is -2.35. The Balaban J connectivity index is 2.03. The fraction of sp³-hybridized carbons (Fsp3) is 0.389. The summed E-state index contributed by atoms with van der Waals surface area (Å²) >= 11 is 0. The Bertz CT molecular complexity index is 702. The summed E-state index contributed by atoms with van der Waals surface area (Å²) in [6.45, 7) is 3.67. The lowest BCUT2D eigenvalue weighted by molar-refractivity contribution is 0.0594. The zero-order valence-corrected chi connectivity index (χ0v) is 14.9. The summed E-state index contributed by atoms with van der Waals surface area (Å²) < 4.78 is 15.2. The van der Waals surface area contributed by atoms with Crippen molar-refractivity contribution < 1.29 is 23.5 Å². The first-order chi connectivity index (χ1) is 12.6. The Morgan fingerprint density at radius 1 is 1.27 bits per heavy atom. The zero-order valence-electron chi connectivity index (χ0n) is 14.9. The van der Waals surface area contributed by atoms with Gasteiger partial charge in [-0.3, -0.25) is 0 Å². The lowest BCUT2D eigenvalue weighted by Gasteiger charge is -2.21. The predicted molar refractivity (Wildman–Crippen MR) is 94.8 cm³/mol. The molecule has 0 saturated carbocycles. The van der Waals surface area contributed by atoms with Gasteiger partial charge in [-0.1, -0.05) is 18.2 Å². The number of ether oxygens (including phenoxy) is 2. The van der Waals surface area contributed by atoms with Crippen LogP contribution < -0.4 is 5.32 Å². The molecule has 0 radical (unpaired) electrons. The number of urea groups is 1. The van der Waals surface area contributed by atoms with Gasteiger partial charge >= 0.3 is 12.0 Å². The molecule has 0 saturated heterocycles. The van der Waals surface area contributed by atoms with E-state index in [0.29, 0.717) is 31.9 Å². The van der Waals surface area contributed by atoms with Crippen LogP contribution >= 0.6 is 0 Å². The molecule has 8 heteroatoms. The summed E-state index contributed by atoms with van der Waals surface area (Å²) in [4.78, 5) is 29.7. The van der Waals surface area contributed by atoms with Crippen LogP contribution in [0.3, 0.4) is 0 Å². The Hall–Kier alpha value is -2.87. The average Bonchev–Trinajstić information content (AvgIpc) is 3.13. The molecule has 0 unspecified atom stereocenters. The largest absolute Gasteiger partial charge is 0.464 e. The molecule has 0 aliphatic rings. The Labute approximate surface area is 152 Å². The monoisotopic (exact) mass is 361 g/mol. The predicted octanol–water partition coefficient (Wildman–Crippen LogP) is 2.92. The first kappa shape index (κ1) is 19.5. The second-order valence-electron chi connectivity index (χ2n) is 5.39. The third kappa shape index (κ3) is 5.89. The summed E-state index contributed by atoms with van der Waals surface area (Å²) in [6.07, 6.45) is 1.88. The van der Waals surface area contributed by atoms with Crippen molar-refractivity contribution in [1.29, 1.82) is 0 Å². The summed E-state index contributed by atoms with van der Waals surface area (Å²) in [5, 5.41) is 2.83. The molecule has 140 valence electrons. The highest BCUT2D eigenvalue weighted by molar-refractivity contribution is 5.89. The van der Waals surface area contributed by atoms with E-state index in [0.717, 1.165) is 0 Å². The quantitative estimate of drug-likeness (QED) is 0.545. The fourth-order valence-electron chi connectivity index (χ4n) is 2.22. The molecule has 0 aliphatic heterocycles. The molecule has 1 heterocycles. The number of esters is 1. The third-order valence-corrected chi connectivity index (χ3v) is 3.51. The first-order valence-electron chi connectivity index (χ1n) is 8.35. The highest BCUT2D eigenvalue weighted by Crippen LogP contribution is 2.11. The molecule has 8 nitrogen and oxygen atoms in total. The van der Waals surface area contributed by atoms with Crippen LogP contribution in [0.25, 0.3) is 0 Å². The van der Waals surface area contributed by atoms with E-state index in [1.807, 2.05) is 25.1 Å². The number of carbonyl (C=O) groups excluding carboxylic acids is 2. The standard InChI is InChI=1S/C18H23N3O5/c1-3-25-11-7-10-21(18(23)19-14-8-5-4-6-9-14)12-16-20-15(13-26-16)17(22)24-2/h4-6,8-9,13H,3,7,10-12H2,1-2H3,(H,19,23). The smallest absolute Gasteiger partial charge is 0.360 e. The van der Waals surface area contributed by atoms with Gasteiger partial charge in [-0.25, -0.2) is 14.6 Å². The number of hydrogen-bond acceptors (Lipinski definition) is 6. The van der Waals surface area contributed by atoms with Gasteiger partial charge < -0.3 is 24.1 Å². The van der Waals surface area contributed by atoms with Crippen molar-refractivity contribution in [1.82, 2.24) is 9.88 Å². The number of hydrogen-bond donors (Lipinski definition) is 1. The van der Waals surface area contributed by atoms with Gasteiger partial charge in [0, 0.05) is 25.4 Å². The number of anilines is 1. The number of nitrogens with one attached hydrogen (secondary N) is 1. The van der Waals surface area contributed by atoms with Crippen molar-refractivity contribution in [2.45, 2.75) is 19.9 Å². The molecule has 1 N–H and O–H groups in total. The van der Waals surface area contributed by atoms with E-state index >= 15 is 0 Å². The Morgan fingerprint density at radius 3 is 2.73 bits per heavy atom. The molecule has 2 aromatic rings. The van der Waals surface area contributed by atoms with Gasteiger partial charge in [0.15, 0.2) is 5.69 Å². The highest BCUT2D eigenvalue weighted by atomic mass is 16.5. The molecule has 0 aliphatic carbocycles. The van der Waals surface area contributed by atoms with Gasteiger partial charge in [0.25, 0.3) is 0 Å². The first-order valence-corrected chi connectivity index (χ1v) is 8.35. The van der Waals surface area contributed by atoms with Crippen LogP contribution in [0.1, 0.15) is 29.7 Å². The Morgan fingerprint density at radius 2 is 2.04 bits per heavy atom. The van der Waals surface area contributed by atoms with Crippen molar-refractivity contribution in [3.8, 4) is 0 Å². The van der Waals surface area contributed by atoms with Crippen LogP contribution in [0.4, 0.5) is 10.5 Å². The van der Waals surface area contributed by atoms with E-state index in [4.69, 9.17) is 9.15 Å². The number of para-hydroxylation sites is 1. The number of aromatic nitrogens is 1. The van der Waals surface area contributed by atoms with Gasteiger partial charge in [-0.2, -0.15) is 0 Å². The number of amides is 2. The highest BCUT2D eigenvalue weighted by Gasteiger charge is 2.19. The minimum absolute atomic E-state index is 0.0697. The molecule has 26 heavy (non-hydrogen) atoms. The van der Waals surface area contributed by atoms with E-state index in [1.54, 1.807) is 17.0 Å². The Kier molecular flexibility index (Phi) is 7.63. The number of benzene rings is 1. The topological polar surface area (TPSA) is 93.9 Å². The van der Waals surface area contributed by atoms with Gasteiger partial charge in [0.05, 0.1) is 13.7 Å². The number of methoxy groups -OCH3 is 1. The van der Waals surface area contributed by atoms with Crippen LogP contribution in [0.2, 0.25) is 0 Å². The lowest BCUT2D eigenvalue weighted by atomic mass is 10.3. The van der Waals surface area contributed by atoms with E-state index in [1.165, 1.54) is 13.4 Å². The summed E-state index contributed by atoms with van der Waals surface area (Å²) in [5.74, 6) is -0.332. The van der Waals surface area contributed by atoms with Crippen molar-refractivity contribution in [2.24, 2.45) is 0 Å².